The molecular formula is C17H16NO4+. The van der Waals surface area contributed by atoms with Crippen molar-refractivity contribution in [2.75, 3.05) is 13.2 Å². The molecule has 0 bridgehead atoms. The lowest BCUT2D eigenvalue weighted by molar-refractivity contribution is -0.683. The number of nitrogens with zero attached hydrogens (tertiary/aromatic N) is 1. The van der Waals surface area contributed by atoms with E-state index in [0.717, 1.165) is 0 Å². The molecule has 0 spiro atoms. The van der Waals surface area contributed by atoms with Gasteiger partial charge in [-0.1, -0.05) is 0 Å². The van der Waals surface area contributed by atoms with Crippen LogP contribution in [0, 0.1) is 0 Å². The quantitative estimate of drug-likeness (QED) is 0.638. The standard InChI is InChI=1S/C17H16NO4/c1-12(19)14-3-2-6-18(10-14)11-15(20)13-4-5-16-17(9-13)22-8-7-21-16/h2-6,9-10H,7-8,11H2,1H3/q+1. The van der Waals surface area contributed by atoms with Crippen LogP contribution in [0.25, 0.3) is 0 Å². The average molecular weight is 298 g/mol. The minimum Gasteiger partial charge on any atom is -0.486 e. The molecule has 112 valence electrons. The van der Waals surface area contributed by atoms with Gasteiger partial charge in [0.2, 0.25) is 12.3 Å². The van der Waals surface area contributed by atoms with E-state index in [1.165, 1.54) is 6.92 Å². The van der Waals surface area contributed by atoms with E-state index < -0.39 is 0 Å². The lowest BCUT2D eigenvalue weighted by Gasteiger charge is -2.18. The van der Waals surface area contributed by atoms with Crippen LogP contribution in [0.1, 0.15) is 27.6 Å². The zero-order chi connectivity index (χ0) is 15.5. The topological polar surface area (TPSA) is 56.5 Å². The summed E-state index contributed by atoms with van der Waals surface area (Å²) >= 11 is 0. The lowest BCUT2D eigenvalue weighted by Crippen LogP contribution is -2.38. The van der Waals surface area contributed by atoms with E-state index in [-0.39, 0.29) is 18.1 Å². The number of fused-ring (bicyclic) bond motifs is 1. The van der Waals surface area contributed by atoms with Crippen molar-refractivity contribution in [2.45, 2.75) is 13.5 Å². The van der Waals surface area contributed by atoms with Crippen molar-refractivity contribution in [3.8, 4) is 11.5 Å². The Morgan fingerprint density at radius 3 is 2.64 bits per heavy atom. The summed E-state index contributed by atoms with van der Waals surface area (Å²) in [5.74, 6) is 1.18. The molecule has 22 heavy (non-hydrogen) atoms. The Hall–Kier alpha value is -2.69. The number of ketones is 2. The molecule has 0 atom stereocenters. The minimum atomic E-state index is -0.0531. The number of pyridine rings is 1. The van der Waals surface area contributed by atoms with E-state index in [4.69, 9.17) is 9.47 Å². The van der Waals surface area contributed by atoms with Gasteiger partial charge >= 0.3 is 0 Å². The van der Waals surface area contributed by atoms with Gasteiger partial charge in [0.25, 0.3) is 0 Å². The van der Waals surface area contributed by atoms with Crippen LogP contribution in [0.3, 0.4) is 0 Å². The van der Waals surface area contributed by atoms with Gasteiger partial charge < -0.3 is 9.47 Å². The smallest absolute Gasteiger partial charge is 0.227 e. The van der Waals surface area contributed by atoms with E-state index in [9.17, 15) is 9.59 Å². The van der Waals surface area contributed by atoms with Gasteiger partial charge in [0.1, 0.15) is 13.2 Å². The number of benzene rings is 1. The summed E-state index contributed by atoms with van der Waals surface area (Å²) in [4.78, 5) is 23.8. The summed E-state index contributed by atoms with van der Waals surface area (Å²) in [6.07, 6.45) is 3.45. The van der Waals surface area contributed by atoms with Gasteiger partial charge in [-0.15, -0.1) is 0 Å². The van der Waals surface area contributed by atoms with Crippen LogP contribution in [-0.4, -0.2) is 24.8 Å². The summed E-state index contributed by atoms with van der Waals surface area (Å²) in [5, 5.41) is 0. The van der Waals surface area contributed by atoms with Crippen molar-refractivity contribution in [3.63, 3.8) is 0 Å². The van der Waals surface area contributed by atoms with Gasteiger partial charge in [-0.25, -0.2) is 0 Å². The normalized spacial score (nSPS) is 12.8. The van der Waals surface area contributed by atoms with Crippen LogP contribution in [0.15, 0.2) is 42.7 Å². The molecule has 1 aromatic carbocycles. The lowest BCUT2D eigenvalue weighted by atomic mass is 10.1. The van der Waals surface area contributed by atoms with Crippen molar-refractivity contribution in [1.29, 1.82) is 0 Å². The summed E-state index contributed by atoms with van der Waals surface area (Å²) < 4.78 is 12.6. The van der Waals surface area contributed by atoms with Crippen LogP contribution >= 0.6 is 0 Å². The molecule has 0 aliphatic carbocycles. The van der Waals surface area contributed by atoms with Crippen molar-refractivity contribution in [2.24, 2.45) is 0 Å². The number of hydrogen-bond acceptors (Lipinski definition) is 4. The molecule has 5 nitrogen and oxygen atoms in total. The molecule has 0 saturated heterocycles. The monoisotopic (exact) mass is 298 g/mol. The highest BCUT2D eigenvalue weighted by molar-refractivity contribution is 5.96. The van der Waals surface area contributed by atoms with Gasteiger partial charge in [0.05, 0.1) is 5.56 Å². The van der Waals surface area contributed by atoms with Crippen LogP contribution in [0.5, 0.6) is 11.5 Å². The first-order chi connectivity index (χ1) is 10.6. The summed E-state index contributed by atoms with van der Waals surface area (Å²) in [7, 11) is 0. The molecule has 0 amide bonds. The predicted octanol–water partition coefficient (Wildman–Crippen LogP) is 1.83. The average Bonchev–Trinajstić information content (AvgIpc) is 2.54. The molecule has 0 saturated carbocycles. The second-order valence-electron chi connectivity index (χ2n) is 5.10. The molecule has 2 heterocycles. The van der Waals surface area contributed by atoms with Gasteiger partial charge in [0.15, 0.2) is 29.7 Å². The number of Topliss-reactive ketones (excluding diaryl/α,β-unsaturated/α-hetero) is 2. The number of carbonyl (C=O) groups is 2. The SMILES string of the molecule is CC(=O)c1ccc[n+](CC(=O)c2ccc3c(c2)OCCO3)c1. The Kier molecular flexibility index (Phi) is 3.87. The first kappa shape index (κ1) is 14.3. The molecule has 1 aromatic heterocycles. The molecule has 1 aliphatic rings. The van der Waals surface area contributed by atoms with Crippen molar-refractivity contribution < 1.29 is 23.6 Å². The molecular weight excluding hydrogens is 282 g/mol. The highest BCUT2D eigenvalue weighted by Crippen LogP contribution is 2.30. The second kappa shape index (κ2) is 5.97. The third kappa shape index (κ3) is 2.98. The highest BCUT2D eigenvalue weighted by atomic mass is 16.6. The molecule has 2 aromatic rings. The summed E-state index contributed by atoms with van der Waals surface area (Å²) in [6.45, 7) is 2.68. The third-order valence-corrected chi connectivity index (χ3v) is 3.46. The number of ether oxygens (including phenoxy) is 2. The maximum atomic E-state index is 12.4. The number of aromatic nitrogens is 1. The fourth-order valence-electron chi connectivity index (χ4n) is 2.30. The van der Waals surface area contributed by atoms with E-state index in [1.54, 1.807) is 47.3 Å². The molecule has 1 aliphatic heterocycles. The maximum Gasteiger partial charge on any atom is 0.227 e. The summed E-state index contributed by atoms with van der Waals surface area (Å²) in [6, 6.07) is 8.66. The Morgan fingerprint density at radius 1 is 1.09 bits per heavy atom. The number of carbonyl (C=O) groups excluding carboxylic acids is 2. The third-order valence-electron chi connectivity index (χ3n) is 3.46. The fraction of sp³-hybridized carbons (Fsp3) is 0.235. The number of rotatable bonds is 4. The largest absolute Gasteiger partial charge is 0.486 e. The van der Waals surface area contributed by atoms with Crippen LogP contribution in [0.2, 0.25) is 0 Å². The highest BCUT2D eigenvalue weighted by Gasteiger charge is 2.18. The predicted molar refractivity (Wildman–Crippen MR) is 78.4 cm³/mol. The molecule has 3 rings (SSSR count). The number of hydrogen-bond donors (Lipinski definition) is 0. The van der Waals surface area contributed by atoms with Crippen LogP contribution < -0.4 is 14.0 Å². The first-order valence-electron chi connectivity index (χ1n) is 7.06. The van der Waals surface area contributed by atoms with E-state index in [1.807, 2.05) is 0 Å². The molecule has 0 fully saturated rings. The zero-order valence-corrected chi connectivity index (χ0v) is 12.2. The van der Waals surface area contributed by atoms with Crippen molar-refractivity contribution in [3.05, 3.63) is 53.9 Å². The molecule has 0 N–H and O–H groups in total. The van der Waals surface area contributed by atoms with Crippen molar-refractivity contribution in [1.82, 2.24) is 0 Å². The molecule has 0 radical (unpaired) electrons. The Labute approximate surface area is 128 Å². The van der Waals surface area contributed by atoms with Crippen LogP contribution in [-0.2, 0) is 6.54 Å². The van der Waals surface area contributed by atoms with Gasteiger partial charge in [-0.2, -0.15) is 4.57 Å². The second-order valence-corrected chi connectivity index (χ2v) is 5.10. The van der Waals surface area contributed by atoms with E-state index in [0.29, 0.717) is 35.8 Å². The van der Waals surface area contributed by atoms with Gasteiger partial charge in [-0.3, -0.25) is 9.59 Å². The van der Waals surface area contributed by atoms with Gasteiger partial charge in [0, 0.05) is 11.6 Å². The Balaban J connectivity index is 1.80. The summed E-state index contributed by atoms with van der Waals surface area (Å²) in [5.41, 5.74) is 1.14. The molecule has 5 heteroatoms. The minimum absolute atomic E-state index is 0.0267. The van der Waals surface area contributed by atoms with Crippen LogP contribution in [0.4, 0.5) is 0 Å². The van der Waals surface area contributed by atoms with Gasteiger partial charge in [-0.05, 0) is 31.2 Å². The Bertz CT molecular complexity index is 739. The fourth-order valence-corrected chi connectivity index (χ4v) is 2.30. The maximum absolute atomic E-state index is 12.4. The van der Waals surface area contributed by atoms with E-state index in [2.05, 4.69) is 0 Å². The zero-order valence-electron chi connectivity index (χ0n) is 12.2. The Morgan fingerprint density at radius 2 is 1.86 bits per heavy atom. The van der Waals surface area contributed by atoms with Crippen molar-refractivity contribution >= 4 is 11.6 Å². The van der Waals surface area contributed by atoms with E-state index >= 15 is 0 Å². The first-order valence-corrected chi connectivity index (χ1v) is 7.06. The molecule has 0 unspecified atom stereocenters.